The quantitative estimate of drug-likeness (QED) is 0.912. The van der Waals surface area contributed by atoms with Crippen LogP contribution in [0.15, 0.2) is 28.7 Å². The van der Waals surface area contributed by atoms with Crippen LogP contribution in [0.3, 0.4) is 0 Å². The summed E-state index contributed by atoms with van der Waals surface area (Å²) in [6.45, 7) is 0.647. The van der Waals surface area contributed by atoms with Gasteiger partial charge >= 0.3 is 0 Å². The molecule has 3 heteroatoms. The second-order valence-electron chi connectivity index (χ2n) is 5.13. The Morgan fingerprint density at radius 1 is 1.35 bits per heavy atom. The van der Waals surface area contributed by atoms with Crippen LogP contribution in [0.1, 0.15) is 24.8 Å². The van der Waals surface area contributed by atoms with Crippen LogP contribution in [0.2, 0.25) is 0 Å². The minimum absolute atomic E-state index is 0.264. The van der Waals surface area contributed by atoms with Crippen molar-refractivity contribution in [2.75, 3.05) is 0 Å². The van der Waals surface area contributed by atoms with Crippen molar-refractivity contribution in [3.8, 4) is 0 Å². The van der Waals surface area contributed by atoms with Gasteiger partial charge in [-0.05, 0) is 42.4 Å². The Morgan fingerprint density at radius 3 is 2.82 bits per heavy atom. The molecule has 1 aromatic carbocycles. The third-order valence-corrected chi connectivity index (χ3v) is 4.56. The largest absolute Gasteiger partial charge is 0.352 e. The molecule has 90 valence electrons. The number of benzene rings is 1. The first-order valence-corrected chi connectivity index (χ1v) is 7.07. The minimum Gasteiger partial charge on any atom is -0.352 e. The summed E-state index contributed by atoms with van der Waals surface area (Å²) in [6.07, 6.45) is 3.85. The van der Waals surface area contributed by atoms with Gasteiger partial charge in [-0.2, -0.15) is 0 Å². The molecule has 2 aliphatic rings. The van der Waals surface area contributed by atoms with E-state index in [1.807, 2.05) is 24.3 Å². The van der Waals surface area contributed by atoms with Crippen LogP contribution in [-0.2, 0) is 11.3 Å². The third-order valence-electron chi connectivity index (χ3n) is 4.07. The summed E-state index contributed by atoms with van der Waals surface area (Å²) < 4.78 is 1.06. The van der Waals surface area contributed by atoms with Gasteiger partial charge in [0, 0.05) is 16.9 Å². The zero-order chi connectivity index (χ0) is 11.8. The fraction of sp³-hybridized carbons (Fsp3) is 0.500. The number of halogens is 1. The van der Waals surface area contributed by atoms with Gasteiger partial charge in [0.25, 0.3) is 0 Å². The Morgan fingerprint density at radius 2 is 2.12 bits per heavy atom. The number of carbonyl (C=O) groups is 1. The molecule has 2 nitrogen and oxygen atoms in total. The van der Waals surface area contributed by atoms with Crippen LogP contribution in [0.5, 0.6) is 0 Å². The highest BCUT2D eigenvalue weighted by molar-refractivity contribution is 9.10. The molecule has 2 atom stereocenters. The van der Waals surface area contributed by atoms with E-state index < -0.39 is 0 Å². The summed E-state index contributed by atoms with van der Waals surface area (Å²) in [6, 6.07) is 8.08. The highest BCUT2D eigenvalue weighted by Crippen LogP contribution is 2.57. The lowest BCUT2D eigenvalue weighted by atomic mass is 10.1. The van der Waals surface area contributed by atoms with Gasteiger partial charge in [0.1, 0.15) is 0 Å². The molecule has 0 aliphatic heterocycles. The van der Waals surface area contributed by atoms with Gasteiger partial charge in [0.05, 0.1) is 0 Å². The fourth-order valence-corrected chi connectivity index (χ4v) is 3.61. The van der Waals surface area contributed by atoms with E-state index in [4.69, 9.17) is 0 Å². The Bertz CT molecular complexity index is 436. The van der Waals surface area contributed by atoms with Crippen LogP contribution in [0.4, 0.5) is 0 Å². The molecule has 2 aliphatic carbocycles. The maximum Gasteiger partial charge on any atom is 0.223 e. The molecule has 2 saturated carbocycles. The topological polar surface area (TPSA) is 29.1 Å². The van der Waals surface area contributed by atoms with Gasteiger partial charge in [-0.1, -0.05) is 34.5 Å². The van der Waals surface area contributed by atoms with Gasteiger partial charge in [-0.25, -0.2) is 0 Å². The lowest BCUT2D eigenvalue weighted by molar-refractivity contribution is -0.123. The molecule has 2 fully saturated rings. The van der Waals surface area contributed by atoms with Gasteiger partial charge in [-0.3, -0.25) is 4.79 Å². The minimum atomic E-state index is 0.264. The van der Waals surface area contributed by atoms with Crippen LogP contribution in [0, 0.1) is 17.8 Å². The van der Waals surface area contributed by atoms with E-state index in [-0.39, 0.29) is 5.91 Å². The van der Waals surface area contributed by atoms with Crippen molar-refractivity contribution in [2.24, 2.45) is 17.8 Å². The van der Waals surface area contributed by atoms with Gasteiger partial charge in [-0.15, -0.1) is 0 Å². The smallest absolute Gasteiger partial charge is 0.223 e. The summed E-state index contributed by atoms with van der Waals surface area (Å²) in [5, 5.41) is 3.06. The summed E-state index contributed by atoms with van der Waals surface area (Å²) in [4.78, 5) is 12.0. The molecule has 0 heterocycles. The van der Waals surface area contributed by atoms with E-state index >= 15 is 0 Å². The summed E-state index contributed by atoms with van der Waals surface area (Å²) in [5.74, 6) is 2.01. The molecule has 0 radical (unpaired) electrons. The van der Waals surface area contributed by atoms with Crippen molar-refractivity contribution in [3.05, 3.63) is 34.3 Å². The standard InChI is InChI=1S/C14H16BrNO/c15-10-4-1-3-9(7-10)8-16-14(17)13-11-5-2-6-12(11)13/h1,3-4,7,11-13H,2,5-6,8H2,(H,16,17). The number of fused-ring (bicyclic) bond motifs is 1. The summed E-state index contributed by atoms with van der Waals surface area (Å²) in [7, 11) is 0. The number of hydrogen-bond donors (Lipinski definition) is 1. The first-order valence-electron chi connectivity index (χ1n) is 6.28. The Hall–Kier alpha value is -0.830. The number of rotatable bonds is 3. The zero-order valence-electron chi connectivity index (χ0n) is 9.66. The van der Waals surface area contributed by atoms with Gasteiger partial charge in [0.15, 0.2) is 0 Å². The average molecular weight is 294 g/mol. The normalized spacial score (nSPS) is 29.8. The second-order valence-corrected chi connectivity index (χ2v) is 6.05. The van der Waals surface area contributed by atoms with Crippen molar-refractivity contribution in [2.45, 2.75) is 25.8 Å². The molecule has 0 saturated heterocycles. The molecular weight excluding hydrogens is 278 g/mol. The van der Waals surface area contributed by atoms with Crippen LogP contribution < -0.4 is 5.32 Å². The number of amides is 1. The number of nitrogens with one attached hydrogen (secondary N) is 1. The monoisotopic (exact) mass is 293 g/mol. The van der Waals surface area contributed by atoms with Crippen LogP contribution in [0.25, 0.3) is 0 Å². The van der Waals surface area contributed by atoms with Crippen LogP contribution in [-0.4, -0.2) is 5.91 Å². The zero-order valence-corrected chi connectivity index (χ0v) is 11.2. The highest BCUT2D eigenvalue weighted by atomic mass is 79.9. The van der Waals surface area contributed by atoms with Crippen molar-refractivity contribution in [1.29, 1.82) is 0 Å². The summed E-state index contributed by atoms with van der Waals surface area (Å²) >= 11 is 3.44. The molecule has 1 amide bonds. The molecule has 1 N–H and O–H groups in total. The first kappa shape index (κ1) is 11.3. The highest BCUT2D eigenvalue weighted by Gasteiger charge is 2.56. The third kappa shape index (κ3) is 2.25. The Kier molecular flexibility index (Phi) is 2.95. The van der Waals surface area contributed by atoms with E-state index in [1.54, 1.807) is 0 Å². The van der Waals surface area contributed by atoms with E-state index in [0.717, 1.165) is 10.0 Å². The maximum absolute atomic E-state index is 12.0. The van der Waals surface area contributed by atoms with E-state index in [2.05, 4.69) is 21.2 Å². The molecule has 0 bridgehead atoms. The van der Waals surface area contributed by atoms with E-state index in [0.29, 0.717) is 24.3 Å². The predicted octanol–water partition coefficient (Wildman–Crippen LogP) is 3.11. The van der Waals surface area contributed by atoms with Crippen molar-refractivity contribution in [1.82, 2.24) is 5.32 Å². The Labute approximate surface area is 110 Å². The molecule has 17 heavy (non-hydrogen) atoms. The summed E-state index contributed by atoms with van der Waals surface area (Å²) in [5.41, 5.74) is 1.15. The first-order chi connectivity index (χ1) is 8.25. The molecule has 3 rings (SSSR count). The molecule has 1 aromatic rings. The maximum atomic E-state index is 12.0. The van der Waals surface area contributed by atoms with Gasteiger partial charge in [0.2, 0.25) is 5.91 Å². The van der Waals surface area contributed by atoms with Crippen LogP contribution >= 0.6 is 15.9 Å². The lowest BCUT2D eigenvalue weighted by Gasteiger charge is -2.07. The molecular formula is C14H16BrNO. The van der Waals surface area contributed by atoms with E-state index in [9.17, 15) is 4.79 Å². The predicted molar refractivity (Wildman–Crippen MR) is 70.3 cm³/mol. The SMILES string of the molecule is O=C(NCc1cccc(Br)c1)C1C2CCCC21. The van der Waals surface area contributed by atoms with Crippen molar-refractivity contribution >= 4 is 21.8 Å². The Balaban J connectivity index is 1.53. The van der Waals surface area contributed by atoms with Crippen molar-refractivity contribution < 1.29 is 4.79 Å². The number of hydrogen-bond acceptors (Lipinski definition) is 1. The molecule has 0 spiro atoms. The molecule has 0 aromatic heterocycles. The fourth-order valence-electron chi connectivity index (χ4n) is 3.16. The molecule has 2 unspecified atom stereocenters. The second kappa shape index (κ2) is 4.45. The lowest BCUT2D eigenvalue weighted by Crippen LogP contribution is -2.26. The van der Waals surface area contributed by atoms with Crippen molar-refractivity contribution in [3.63, 3.8) is 0 Å². The average Bonchev–Trinajstić information content (AvgIpc) is 2.80. The number of carbonyl (C=O) groups excluding carboxylic acids is 1. The van der Waals surface area contributed by atoms with Gasteiger partial charge < -0.3 is 5.32 Å². The van der Waals surface area contributed by atoms with E-state index in [1.165, 1.54) is 19.3 Å².